The van der Waals surface area contributed by atoms with E-state index < -0.39 is 0 Å². The molecule has 1 atom stereocenters. The number of ether oxygens (including phenoxy) is 6. The lowest BCUT2D eigenvalue weighted by molar-refractivity contribution is 0.185. The Morgan fingerprint density at radius 1 is 0.811 bits per heavy atom. The maximum absolute atomic E-state index is 6.30. The van der Waals surface area contributed by atoms with Crippen LogP contribution in [0.5, 0.6) is 34.5 Å². The highest BCUT2D eigenvalue weighted by molar-refractivity contribution is 7.80. The zero-order chi connectivity index (χ0) is 26.4. The number of fused-ring (bicyclic) bond motifs is 1. The minimum absolute atomic E-state index is 0.204. The molecule has 196 valence electrons. The van der Waals surface area contributed by atoms with Gasteiger partial charge in [-0.15, -0.1) is 0 Å². The predicted molar refractivity (Wildman–Crippen MR) is 147 cm³/mol. The van der Waals surface area contributed by atoms with E-state index in [2.05, 4.69) is 10.2 Å². The zero-order valence-corrected chi connectivity index (χ0v) is 22.5. The highest BCUT2D eigenvalue weighted by Crippen LogP contribution is 2.40. The van der Waals surface area contributed by atoms with Crippen LogP contribution >= 0.6 is 12.2 Å². The summed E-state index contributed by atoms with van der Waals surface area (Å²) in [6, 6.07) is 17.0. The molecule has 3 aromatic rings. The number of benzene rings is 3. The Morgan fingerprint density at radius 2 is 1.49 bits per heavy atom. The Bertz CT molecular complexity index is 1250. The lowest BCUT2D eigenvalue weighted by Gasteiger charge is -2.39. The molecule has 1 aliphatic heterocycles. The number of nitrogens with zero attached hydrogens (tertiary/aromatic N) is 1. The van der Waals surface area contributed by atoms with Crippen molar-refractivity contribution in [1.29, 1.82) is 0 Å². The molecule has 0 aliphatic carbocycles. The van der Waals surface area contributed by atoms with Crippen LogP contribution < -0.4 is 33.7 Å². The van der Waals surface area contributed by atoms with Gasteiger partial charge in [0.15, 0.2) is 28.1 Å². The highest BCUT2D eigenvalue weighted by Gasteiger charge is 2.32. The van der Waals surface area contributed by atoms with Gasteiger partial charge in [-0.1, -0.05) is 12.1 Å². The normalized spacial score (nSPS) is 14.3. The maximum atomic E-state index is 6.30. The van der Waals surface area contributed by atoms with Crippen LogP contribution in [0.15, 0.2) is 54.6 Å². The molecule has 0 fully saturated rings. The van der Waals surface area contributed by atoms with Crippen LogP contribution in [0.4, 0.5) is 5.69 Å². The van der Waals surface area contributed by atoms with Crippen molar-refractivity contribution in [2.75, 3.05) is 54.0 Å². The quantitative estimate of drug-likeness (QED) is 0.385. The molecule has 0 bridgehead atoms. The summed E-state index contributed by atoms with van der Waals surface area (Å²) in [6.45, 7) is 1.01. The molecule has 9 heteroatoms. The molecule has 8 nitrogen and oxygen atoms in total. The summed E-state index contributed by atoms with van der Waals surface area (Å²) >= 11 is 5.92. The number of hydrogen-bond acceptors (Lipinski definition) is 7. The van der Waals surface area contributed by atoms with Gasteiger partial charge < -0.3 is 38.6 Å². The van der Waals surface area contributed by atoms with Gasteiger partial charge in [0.05, 0.1) is 47.3 Å². The van der Waals surface area contributed by atoms with Crippen molar-refractivity contribution in [2.24, 2.45) is 0 Å². The number of nitrogens with one attached hydrogen (secondary N) is 1. The van der Waals surface area contributed by atoms with E-state index in [1.807, 2.05) is 54.6 Å². The number of rotatable bonds is 9. The Kier molecular flexibility index (Phi) is 8.45. The first kappa shape index (κ1) is 26.2. The molecule has 1 heterocycles. The third-order valence-electron chi connectivity index (χ3n) is 6.38. The van der Waals surface area contributed by atoms with Gasteiger partial charge in [0, 0.05) is 12.6 Å². The molecule has 0 amide bonds. The Balaban J connectivity index is 1.68. The molecule has 0 radical (unpaired) electrons. The van der Waals surface area contributed by atoms with Crippen LogP contribution in [0.1, 0.15) is 17.2 Å². The van der Waals surface area contributed by atoms with Crippen molar-refractivity contribution < 1.29 is 28.4 Å². The molecule has 0 saturated carbocycles. The molecule has 1 N–H and O–H groups in total. The van der Waals surface area contributed by atoms with Gasteiger partial charge in [-0.3, -0.25) is 0 Å². The van der Waals surface area contributed by atoms with Crippen LogP contribution in [0.2, 0.25) is 0 Å². The molecule has 0 aromatic heterocycles. The second kappa shape index (κ2) is 11.9. The van der Waals surface area contributed by atoms with Crippen molar-refractivity contribution in [3.05, 3.63) is 65.7 Å². The summed E-state index contributed by atoms with van der Waals surface area (Å²) in [5.74, 6) is 4.03. The van der Waals surface area contributed by atoms with Crippen molar-refractivity contribution in [3.8, 4) is 34.5 Å². The van der Waals surface area contributed by atoms with Crippen molar-refractivity contribution in [3.63, 3.8) is 0 Å². The minimum atomic E-state index is -0.204. The van der Waals surface area contributed by atoms with Crippen molar-refractivity contribution in [2.45, 2.75) is 12.5 Å². The second-order valence-electron chi connectivity index (χ2n) is 8.32. The van der Waals surface area contributed by atoms with Crippen LogP contribution in [0, 0.1) is 0 Å². The number of thiocarbonyl (C=S) groups is 1. The summed E-state index contributed by atoms with van der Waals surface area (Å²) in [7, 11) is 8.14. The van der Waals surface area contributed by atoms with Crippen LogP contribution in [0.3, 0.4) is 0 Å². The van der Waals surface area contributed by atoms with Gasteiger partial charge in [0.1, 0.15) is 18.1 Å². The molecule has 0 spiro atoms. The van der Waals surface area contributed by atoms with E-state index in [-0.39, 0.29) is 6.04 Å². The topological polar surface area (TPSA) is 70.7 Å². The summed E-state index contributed by atoms with van der Waals surface area (Å²) in [6.07, 6.45) is 0.776. The average molecular weight is 525 g/mol. The summed E-state index contributed by atoms with van der Waals surface area (Å²) < 4.78 is 33.9. The third-order valence-corrected chi connectivity index (χ3v) is 6.71. The van der Waals surface area contributed by atoms with Gasteiger partial charge in [0.2, 0.25) is 0 Å². The molecule has 0 unspecified atom stereocenters. The summed E-state index contributed by atoms with van der Waals surface area (Å²) in [5.41, 5.74) is 2.93. The van der Waals surface area contributed by atoms with Crippen LogP contribution in [-0.4, -0.2) is 58.7 Å². The Labute approximate surface area is 223 Å². The second-order valence-corrected chi connectivity index (χ2v) is 8.71. The van der Waals surface area contributed by atoms with Gasteiger partial charge in [-0.05, 0) is 66.2 Å². The molecular weight excluding hydrogens is 492 g/mol. The van der Waals surface area contributed by atoms with E-state index in [0.29, 0.717) is 58.4 Å². The molecule has 37 heavy (non-hydrogen) atoms. The number of para-hydroxylation sites is 2. The molecular formula is C28H32N2O6S. The van der Waals surface area contributed by atoms with E-state index in [9.17, 15) is 0 Å². The predicted octanol–water partition coefficient (Wildman–Crippen LogP) is 5.10. The van der Waals surface area contributed by atoms with Gasteiger partial charge in [-0.25, -0.2) is 0 Å². The van der Waals surface area contributed by atoms with Gasteiger partial charge in [0.25, 0.3) is 0 Å². The SMILES string of the molecule is COc1ccc(OC)c(NC(=S)N2CCc3cc(OC)c(OC)cc3[C@H]2COc2ccccc2OC)c1. The zero-order valence-electron chi connectivity index (χ0n) is 21.7. The van der Waals surface area contributed by atoms with Crippen LogP contribution in [-0.2, 0) is 6.42 Å². The first-order valence-corrected chi connectivity index (χ1v) is 12.2. The van der Waals surface area contributed by atoms with E-state index in [4.69, 9.17) is 40.6 Å². The smallest absolute Gasteiger partial charge is 0.174 e. The van der Waals surface area contributed by atoms with E-state index in [0.717, 1.165) is 17.5 Å². The summed E-state index contributed by atoms with van der Waals surface area (Å²) in [4.78, 5) is 2.12. The molecule has 1 aliphatic rings. The van der Waals surface area contributed by atoms with Crippen LogP contribution in [0.25, 0.3) is 0 Å². The van der Waals surface area contributed by atoms with Crippen molar-refractivity contribution in [1.82, 2.24) is 4.90 Å². The van der Waals surface area contributed by atoms with E-state index >= 15 is 0 Å². The fourth-order valence-electron chi connectivity index (χ4n) is 4.46. The standard InChI is InChI=1S/C28H32N2O6S/c1-31-19-10-11-23(32-2)21(15-19)29-28(37)30-13-12-18-14-26(34-4)27(35-5)16-20(18)22(30)17-36-25-9-7-6-8-24(25)33-3/h6-11,14-16,22H,12-13,17H2,1-5H3,(H,29,37)/t22-/m1/s1. The summed E-state index contributed by atoms with van der Waals surface area (Å²) in [5, 5.41) is 3.90. The highest BCUT2D eigenvalue weighted by atomic mass is 32.1. The first-order chi connectivity index (χ1) is 18.0. The molecule has 4 rings (SSSR count). The Hall–Kier alpha value is -3.85. The Morgan fingerprint density at radius 3 is 2.16 bits per heavy atom. The monoisotopic (exact) mass is 524 g/mol. The van der Waals surface area contributed by atoms with E-state index in [1.165, 1.54) is 0 Å². The third kappa shape index (κ3) is 5.61. The minimum Gasteiger partial charge on any atom is -0.497 e. The van der Waals surface area contributed by atoms with Crippen molar-refractivity contribution >= 4 is 23.0 Å². The number of anilines is 1. The fraction of sp³-hybridized carbons (Fsp3) is 0.321. The molecule has 0 saturated heterocycles. The maximum Gasteiger partial charge on any atom is 0.174 e. The number of hydrogen-bond donors (Lipinski definition) is 1. The molecule has 3 aromatic carbocycles. The van der Waals surface area contributed by atoms with E-state index in [1.54, 1.807) is 35.5 Å². The first-order valence-electron chi connectivity index (χ1n) is 11.8. The largest absolute Gasteiger partial charge is 0.497 e. The average Bonchev–Trinajstić information content (AvgIpc) is 2.94. The lowest BCUT2D eigenvalue weighted by atomic mass is 9.92. The van der Waals surface area contributed by atoms with Gasteiger partial charge in [-0.2, -0.15) is 0 Å². The fourth-order valence-corrected chi connectivity index (χ4v) is 4.78. The lowest BCUT2D eigenvalue weighted by Crippen LogP contribution is -2.44. The van der Waals surface area contributed by atoms with Gasteiger partial charge >= 0.3 is 0 Å². The number of methoxy groups -OCH3 is 5.